The molecule has 1 aromatic heterocycles. The highest BCUT2D eigenvalue weighted by molar-refractivity contribution is 9.10. The molecule has 1 fully saturated rings. The summed E-state index contributed by atoms with van der Waals surface area (Å²) < 4.78 is 6.71. The first-order valence-corrected chi connectivity index (χ1v) is 9.24. The zero-order chi connectivity index (χ0) is 17.6. The number of nitriles is 1. The second-order valence-electron chi connectivity index (χ2n) is 6.16. The summed E-state index contributed by atoms with van der Waals surface area (Å²) >= 11 is 3.49. The molecule has 0 unspecified atom stereocenters. The minimum atomic E-state index is -0.326. The van der Waals surface area contributed by atoms with E-state index in [2.05, 4.69) is 21.2 Å². The highest BCUT2D eigenvalue weighted by Crippen LogP contribution is 2.30. The third-order valence-corrected chi connectivity index (χ3v) is 5.05. The van der Waals surface area contributed by atoms with Crippen molar-refractivity contribution in [3.05, 3.63) is 52.2 Å². The Morgan fingerprint density at radius 2 is 1.96 bits per heavy atom. The molecule has 0 bridgehead atoms. The molecular weight excluding hydrogens is 380 g/mol. The van der Waals surface area contributed by atoms with Crippen molar-refractivity contribution in [1.82, 2.24) is 5.32 Å². The number of amides is 1. The second kappa shape index (κ2) is 8.17. The molecular formula is C20H19BrN2O2. The summed E-state index contributed by atoms with van der Waals surface area (Å²) in [5.41, 5.74) is 0.992. The van der Waals surface area contributed by atoms with E-state index < -0.39 is 0 Å². The van der Waals surface area contributed by atoms with Gasteiger partial charge in [0.2, 0.25) is 0 Å². The molecule has 4 nitrogen and oxygen atoms in total. The normalized spacial score (nSPS) is 15.6. The van der Waals surface area contributed by atoms with Gasteiger partial charge in [-0.25, -0.2) is 0 Å². The van der Waals surface area contributed by atoms with E-state index in [0.29, 0.717) is 11.5 Å². The lowest BCUT2D eigenvalue weighted by Crippen LogP contribution is -2.36. The van der Waals surface area contributed by atoms with Gasteiger partial charge in [0.25, 0.3) is 5.91 Å². The van der Waals surface area contributed by atoms with E-state index >= 15 is 0 Å². The molecule has 1 saturated carbocycles. The molecule has 0 aliphatic heterocycles. The van der Waals surface area contributed by atoms with Crippen molar-refractivity contribution in [3.63, 3.8) is 0 Å². The Balaban J connectivity index is 1.75. The number of rotatable bonds is 4. The van der Waals surface area contributed by atoms with Crippen LogP contribution in [0.4, 0.5) is 0 Å². The average Bonchev–Trinajstić information content (AvgIpc) is 3.09. The van der Waals surface area contributed by atoms with Gasteiger partial charge in [0.15, 0.2) is 0 Å². The summed E-state index contributed by atoms with van der Waals surface area (Å²) in [6.07, 6.45) is 6.94. The number of hydrogen-bond donors (Lipinski definition) is 1. The van der Waals surface area contributed by atoms with Gasteiger partial charge in [-0.15, -0.1) is 0 Å². The van der Waals surface area contributed by atoms with Crippen LogP contribution in [0.5, 0.6) is 0 Å². The van der Waals surface area contributed by atoms with Gasteiger partial charge in [-0.2, -0.15) is 5.26 Å². The number of carbonyl (C=O) groups excluding carboxylic acids is 1. The molecule has 0 atom stereocenters. The van der Waals surface area contributed by atoms with E-state index in [9.17, 15) is 10.1 Å². The van der Waals surface area contributed by atoms with E-state index in [1.54, 1.807) is 6.07 Å². The molecule has 3 rings (SSSR count). The smallest absolute Gasteiger partial charge is 0.262 e. The highest BCUT2D eigenvalue weighted by atomic mass is 79.9. The van der Waals surface area contributed by atoms with E-state index in [4.69, 9.17) is 4.42 Å². The molecule has 25 heavy (non-hydrogen) atoms. The Kier molecular flexibility index (Phi) is 5.72. The summed E-state index contributed by atoms with van der Waals surface area (Å²) in [6.45, 7) is 0. The first-order chi connectivity index (χ1) is 12.2. The van der Waals surface area contributed by atoms with Gasteiger partial charge in [-0.3, -0.25) is 4.79 Å². The lowest BCUT2D eigenvalue weighted by Gasteiger charge is -2.22. The molecule has 0 saturated heterocycles. The molecule has 1 heterocycles. The molecule has 0 spiro atoms. The monoisotopic (exact) mass is 398 g/mol. The Labute approximate surface area is 155 Å². The fourth-order valence-electron chi connectivity index (χ4n) is 3.04. The average molecular weight is 399 g/mol. The van der Waals surface area contributed by atoms with Crippen molar-refractivity contribution in [3.8, 4) is 17.4 Å². The first kappa shape index (κ1) is 17.5. The Hall–Kier alpha value is -2.32. The Bertz CT molecular complexity index is 826. The Morgan fingerprint density at radius 1 is 1.20 bits per heavy atom. The number of nitrogens with one attached hydrogen (secondary N) is 1. The van der Waals surface area contributed by atoms with Crippen molar-refractivity contribution in [2.75, 3.05) is 0 Å². The van der Waals surface area contributed by atoms with Crippen molar-refractivity contribution >= 4 is 27.9 Å². The van der Waals surface area contributed by atoms with E-state index in [1.807, 2.05) is 36.4 Å². The number of halogens is 1. The first-order valence-electron chi connectivity index (χ1n) is 8.45. The van der Waals surface area contributed by atoms with Gasteiger partial charge in [-0.05, 0) is 31.0 Å². The van der Waals surface area contributed by atoms with Gasteiger partial charge < -0.3 is 9.73 Å². The zero-order valence-corrected chi connectivity index (χ0v) is 15.4. The highest BCUT2D eigenvalue weighted by Gasteiger charge is 2.18. The van der Waals surface area contributed by atoms with Gasteiger partial charge in [0, 0.05) is 22.2 Å². The topological polar surface area (TPSA) is 66.0 Å². The molecule has 1 amide bonds. The number of nitrogens with zero attached hydrogens (tertiary/aromatic N) is 1. The lowest BCUT2D eigenvalue weighted by molar-refractivity contribution is -0.117. The summed E-state index contributed by atoms with van der Waals surface area (Å²) in [4.78, 5) is 12.3. The van der Waals surface area contributed by atoms with Crippen LogP contribution >= 0.6 is 15.9 Å². The minimum absolute atomic E-state index is 0.0681. The van der Waals surface area contributed by atoms with E-state index in [-0.39, 0.29) is 17.5 Å². The van der Waals surface area contributed by atoms with Crippen LogP contribution in [-0.4, -0.2) is 11.9 Å². The summed E-state index contributed by atoms with van der Waals surface area (Å²) in [7, 11) is 0. The molecule has 0 radical (unpaired) electrons. The van der Waals surface area contributed by atoms with Gasteiger partial charge in [0.1, 0.15) is 23.2 Å². The number of furan rings is 1. The van der Waals surface area contributed by atoms with Crippen LogP contribution in [-0.2, 0) is 4.79 Å². The maximum Gasteiger partial charge on any atom is 0.262 e. The van der Waals surface area contributed by atoms with Crippen molar-refractivity contribution in [1.29, 1.82) is 5.26 Å². The maximum absolute atomic E-state index is 12.3. The van der Waals surface area contributed by atoms with Gasteiger partial charge in [0.05, 0.1) is 0 Å². The SMILES string of the molecule is N#C/C(=C\c1ccc(-c2ccccc2Br)o1)C(=O)NC1CCCCC1. The molecule has 1 N–H and O–H groups in total. The van der Waals surface area contributed by atoms with Crippen molar-refractivity contribution in [2.24, 2.45) is 0 Å². The standard InChI is InChI=1S/C20H19BrN2O2/c21-18-9-5-4-8-17(18)19-11-10-16(25-19)12-14(13-22)20(24)23-15-6-2-1-3-7-15/h4-5,8-12,15H,1-3,6-7H2,(H,23,24)/b14-12+. The van der Waals surface area contributed by atoms with Crippen LogP contribution in [0.1, 0.15) is 37.9 Å². The van der Waals surface area contributed by atoms with Crippen LogP contribution in [0.3, 0.4) is 0 Å². The fraction of sp³-hybridized carbons (Fsp3) is 0.300. The number of hydrogen-bond acceptors (Lipinski definition) is 3. The molecule has 1 aromatic carbocycles. The number of benzene rings is 1. The van der Waals surface area contributed by atoms with E-state index in [1.165, 1.54) is 12.5 Å². The van der Waals surface area contributed by atoms with Crippen molar-refractivity contribution in [2.45, 2.75) is 38.1 Å². The quantitative estimate of drug-likeness (QED) is 0.577. The summed E-state index contributed by atoms with van der Waals surface area (Å²) in [5, 5.41) is 12.3. The largest absolute Gasteiger partial charge is 0.457 e. The van der Waals surface area contributed by atoms with E-state index in [0.717, 1.165) is 35.7 Å². The maximum atomic E-state index is 12.3. The molecule has 5 heteroatoms. The zero-order valence-electron chi connectivity index (χ0n) is 13.8. The molecule has 128 valence electrons. The van der Waals surface area contributed by atoms with Crippen LogP contribution in [0, 0.1) is 11.3 Å². The van der Waals surface area contributed by atoms with Crippen LogP contribution in [0.2, 0.25) is 0 Å². The van der Waals surface area contributed by atoms with Crippen LogP contribution < -0.4 is 5.32 Å². The number of carbonyl (C=O) groups is 1. The minimum Gasteiger partial charge on any atom is -0.457 e. The Morgan fingerprint density at radius 3 is 2.68 bits per heavy atom. The third kappa shape index (κ3) is 4.40. The molecule has 1 aliphatic carbocycles. The lowest BCUT2D eigenvalue weighted by atomic mass is 9.95. The van der Waals surface area contributed by atoms with Gasteiger partial charge in [-0.1, -0.05) is 53.4 Å². The molecule has 1 aliphatic rings. The second-order valence-corrected chi connectivity index (χ2v) is 7.01. The van der Waals surface area contributed by atoms with Crippen LogP contribution in [0.15, 0.2) is 50.9 Å². The van der Waals surface area contributed by atoms with Crippen molar-refractivity contribution < 1.29 is 9.21 Å². The predicted octanol–water partition coefficient (Wildman–Crippen LogP) is 5.06. The fourth-order valence-corrected chi connectivity index (χ4v) is 3.52. The summed E-state index contributed by atoms with van der Waals surface area (Å²) in [6, 6.07) is 13.5. The summed E-state index contributed by atoms with van der Waals surface area (Å²) in [5.74, 6) is 0.845. The third-order valence-electron chi connectivity index (χ3n) is 4.36. The van der Waals surface area contributed by atoms with Gasteiger partial charge >= 0.3 is 0 Å². The van der Waals surface area contributed by atoms with Crippen LogP contribution in [0.25, 0.3) is 17.4 Å². The molecule has 2 aromatic rings. The predicted molar refractivity (Wildman–Crippen MR) is 100 cm³/mol.